The first kappa shape index (κ1) is 27.1. The number of aromatic nitrogens is 1. The van der Waals surface area contributed by atoms with Crippen LogP contribution in [0.4, 0.5) is 11.4 Å². The quantitative estimate of drug-likeness (QED) is 0.211. The van der Waals surface area contributed by atoms with Crippen LogP contribution in [0.25, 0.3) is 0 Å². The molecular formula is C28H23Cl2N3O2S2. The fraction of sp³-hybridized carbons (Fsp3) is 0.107. The van der Waals surface area contributed by atoms with Crippen LogP contribution in [0.5, 0.6) is 0 Å². The second-order valence-electron chi connectivity index (χ2n) is 7.94. The Morgan fingerprint density at radius 2 is 1.49 bits per heavy atom. The van der Waals surface area contributed by atoms with Gasteiger partial charge in [0.1, 0.15) is 5.15 Å². The molecule has 0 unspecified atom stereocenters. The predicted molar refractivity (Wildman–Crippen MR) is 155 cm³/mol. The molecule has 5 nitrogen and oxygen atoms in total. The Morgan fingerprint density at radius 3 is 2.08 bits per heavy atom. The van der Waals surface area contributed by atoms with Crippen molar-refractivity contribution in [2.75, 3.05) is 10.6 Å². The van der Waals surface area contributed by atoms with E-state index in [2.05, 4.69) is 15.6 Å². The highest BCUT2D eigenvalue weighted by Crippen LogP contribution is 2.43. The minimum Gasteiger partial charge on any atom is -0.321 e. The van der Waals surface area contributed by atoms with Gasteiger partial charge in [-0.15, -0.1) is 0 Å². The maximum Gasteiger partial charge on any atom is 0.257 e. The third-order valence-corrected chi connectivity index (χ3v) is 8.58. The topological polar surface area (TPSA) is 71.1 Å². The average Bonchev–Trinajstić information content (AvgIpc) is 3.10. The van der Waals surface area contributed by atoms with Crippen LogP contribution in [0.1, 0.15) is 30.1 Å². The lowest BCUT2D eigenvalue weighted by atomic mass is 10.1. The van der Waals surface area contributed by atoms with Gasteiger partial charge < -0.3 is 10.6 Å². The van der Waals surface area contributed by atoms with Gasteiger partial charge in [-0.3, -0.25) is 9.59 Å². The molecule has 37 heavy (non-hydrogen) atoms. The Kier molecular flexibility index (Phi) is 9.52. The molecule has 2 amide bonds. The standard InChI is InChI=1S/C28H23Cl2N3O2S2/c1-2-18-11-12-19(13-15-21(18)29)27(34)32-22-7-3-5-9-24(22)36-37-25-10-6-4-8-23(25)33-28(35)20-14-16-26(30)31-17-20/h3-10,12-17H,2,11H2,1H3,(H,32,34)(H,33,35). The van der Waals surface area contributed by atoms with Gasteiger partial charge in [0.2, 0.25) is 0 Å². The van der Waals surface area contributed by atoms with E-state index in [1.807, 2.05) is 61.5 Å². The number of anilines is 2. The smallest absolute Gasteiger partial charge is 0.257 e. The van der Waals surface area contributed by atoms with Gasteiger partial charge in [-0.25, -0.2) is 4.98 Å². The minimum absolute atomic E-state index is 0.194. The molecule has 0 bridgehead atoms. The number of carbonyl (C=O) groups excluding carboxylic acids is 2. The summed E-state index contributed by atoms with van der Waals surface area (Å²) in [6.45, 7) is 2.05. The van der Waals surface area contributed by atoms with E-state index >= 15 is 0 Å². The predicted octanol–water partition coefficient (Wildman–Crippen LogP) is 8.51. The Bertz CT molecular complexity index is 1400. The lowest BCUT2D eigenvalue weighted by Crippen LogP contribution is -2.13. The zero-order chi connectivity index (χ0) is 26.2. The van der Waals surface area contributed by atoms with Gasteiger partial charge in [0, 0.05) is 26.6 Å². The third-order valence-electron chi connectivity index (χ3n) is 5.49. The number of amides is 2. The molecule has 188 valence electrons. The summed E-state index contributed by atoms with van der Waals surface area (Å²) in [4.78, 5) is 31.4. The highest BCUT2D eigenvalue weighted by atomic mass is 35.5. The number of pyridine rings is 1. The van der Waals surface area contributed by atoms with E-state index in [0.29, 0.717) is 39.1 Å². The molecule has 1 aromatic heterocycles. The number of para-hydroxylation sites is 2. The van der Waals surface area contributed by atoms with Crippen molar-refractivity contribution in [3.8, 4) is 0 Å². The van der Waals surface area contributed by atoms with E-state index in [0.717, 1.165) is 21.8 Å². The van der Waals surface area contributed by atoms with Crippen LogP contribution in [0.2, 0.25) is 5.15 Å². The molecule has 3 aromatic rings. The number of allylic oxidation sites excluding steroid dienone is 4. The first-order valence-electron chi connectivity index (χ1n) is 11.5. The fourth-order valence-electron chi connectivity index (χ4n) is 3.44. The van der Waals surface area contributed by atoms with E-state index < -0.39 is 0 Å². The summed E-state index contributed by atoms with van der Waals surface area (Å²) < 4.78 is 0. The lowest BCUT2D eigenvalue weighted by Gasteiger charge is -2.13. The van der Waals surface area contributed by atoms with Gasteiger partial charge in [0.25, 0.3) is 11.8 Å². The molecule has 1 aliphatic rings. The molecule has 0 atom stereocenters. The lowest BCUT2D eigenvalue weighted by molar-refractivity contribution is -0.112. The summed E-state index contributed by atoms with van der Waals surface area (Å²) in [6.07, 6.45) is 8.35. The van der Waals surface area contributed by atoms with Gasteiger partial charge in [-0.05, 0) is 67.0 Å². The van der Waals surface area contributed by atoms with Gasteiger partial charge in [0.15, 0.2) is 0 Å². The summed E-state index contributed by atoms with van der Waals surface area (Å²) in [5.41, 5.74) is 3.46. The van der Waals surface area contributed by atoms with E-state index in [-0.39, 0.29) is 11.8 Å². The molecule has 2 N–H and O–H groups in total. The molecule has 1 aliphatic carbocycles. The molecule has 0 fully saturated rings. The molecular weight excluding hydrogens is 545 g/mol. The van der Waals surface area contributed by atoms with Crippen LogP contribution in [-0.2, 0) is 4.79 Å². The van der Waals surface area contributed by atoms with Crippen LogP contribution < -0.4 is 10.6 Å². The number of carbonyl (C=O) groups is 2. The Labute approximate surface area is 233 Å². The molecule has 0 spiro atoms. The summed E-state index contributed by atoms with van der Waals surface area (Å²) in [5.74, 6) is -0.471. The van der Waals surface area contributed by atoms with Crippen LogP contribution >= 0.6 is 44.8 Å². The van der Waals surface area contributed by atoms with Gasteiger partial charge >= 0.3 is 0 Å². The van der Waals surface area contributed by atoms with Crippen LogP contribution in [-0.4, -0.2) is 16.8 Å². The third kappa shape index (κ3) is 7.29. The zero-order valence-electron chi connectivity index (χ0n) is 19.8. The van der Waals surface area contributed by atoms with Gasteiger partial charge in [0.05, 0.1) is 16.9 Å². The van der Waals surface area contributed by atoms with Crippen molar-refractivity contribution in [3.05, 3.63) is 112 Å². The Hall–Kier alpha value is -2.97. The summed E-state index contributed by atoms with van der Waals surface area (Å²) in [6, 6.07) is 18.3. The van der Waals surface area contributed by atoms with Crippen molar-refractivity contribution >= 4 is 68.0 Å². The number of hydrogen-bond acceptors (Lipinski definition) is 5. The molecule has 1 heterocycles. The summed E-state index contributed by atoms with van der Waals surface area (Å²) in [7, 11) is 2.98. The zero-order valence-corrected chi connectivity index (χ0v) is 23.0. The largest absolute Gasteiger partial charge is 0.321 e. The van der Waals surface area contributed by atoms with Crippen molar-refractivity contribution in [2.24, 2.45) is 0 Å². The van der Waals surface area contributed by atoms with E-state index in [4.69, 9.17) is 23.2 Å². The molecule has 4 rings (SSSR count). The van der Waals surface area contributed by atoms with Crippen molar-refractivity contribution < 1.29 is 9.59 Å². The molecule has 0 aliphatic heterocycles. The first-order chi connectivity index (χ1) is 17.9. The van der Waals surface area contributed by atoms with Crippen molar-refractivity contribution in [2.45, 2.75) is 29.6 Å². The number of hydrogen-bond donors (Lipinski definition) is 2. The Morgan fingerprint density at radius 1 is 0.865 bits per heavy atom. The Balaban J connectivity index is 1.45. The van der Waals surface area contributed by atoms with Crippen LogP contribution in [0, 0.1) is 0 Å². The summed E-state index contributed by atoms with van der Waals surface area (Å²) in [5, 5.41) is 6.97. The molecule has 0 radical (unpaired) electrons. The highest BCUT2D eigenvalue weighted by Gasteiger charge is 2.15. The van der Waals surface area contributed by atoms with Crippen molar-refractivity contribution in [1.82, 2.24) is 4.98 Å². The molecule has 0 saturated carbocycles. The maximum absolute atomic E-state index is 13.0. The molecule has 0 saturated heterocycles. The molecule has 9 heteroatoms. The number of rotatable bonds is 8. The SMILES string of the molecule is CCC1=C(Cl)C=CC(C(=O)Nc2ccccc2SSc2ccccc2NC(=O)c2ccc(Cl)nc2)=CC1. The van der Waals surface area contributed by atoms with Gasteiger partial charge in [-0.2, -0.15) is 0 Å². The maximum atomic E-state index is 13.0. The van der Waals surface area contributed by atoms with Crippen LogP contribution in [0.3, 0.4) is 0 Å². The minimum atomic E-state index is -0.277. The average molecular weight is 569 g/mol. The number of nitrogens with one attached hydrogen (secondary N) is 2. The molecule has 2 aromatic carbocycles. The first-order valence-corrected chi connectivity index (χ1v) is 14.4. The van der Waals surface area contributed by atoms with Crippen molar-refractivity contribution in [1.29, 1.82) is 0 Å². The highest BCUT2D eigenvalue weighted by molar-refractivity contribution is 8.76. The fourth-order valence-corrected chi connectivity index (χ4v) is 6.10. The van der Waals surface area contributed by atoms with Crippen LogP contribution in [0.15, 0.2) is 111 Å². The van der Waals surface area contributed by atoms with E-state index in [1.165, 1.54) is 27.8 Å². The number of halogens is 2. The van der Waals surface area contributed by atoms with Crippen molar-refractivity contribution in [3.63, 3.8) is 0 Å². The summed E-state index contributed by atoms with van der Waals surface area (Å²) >= 11 is 12.1. The van der Waals surface area contributed by atoms with E-state index in [9.17, 15) is 9.59 Å². The second-order valence-corrected chi connectivity index (χ2v) is 10.9. The number of benzene rings is 2. The number of nitrogens with zero attached hydrogens (tertiary/aromatic N) is 1. The monoisotopic (exact) mass is 567 g/mol. The van der Waals surface area contributed by atoms with E-state index in [1.54, 1.807) is 24.3 Å². The second kappa shape index (κ2) is 13.0. The van der Waals surface area contributed by atoms with Gasteiger partial charge in [-0.1, -0.05) is 82.1 Å². The normalized spacial score (nSPS) is 13.1.